The lowest BCUT2D eigenvalue weighted by molar-refractivity contribution is 0.308. The van der Waals surface area contributed by atoms with Gasteiger partial charge in [-0.1, -0.05) is 65.7 Å². The minimum Gasteiger partial charge on any atom is -0.486 e. The molecule has 0 aliphatic heterocycles. The second kappa shape index (κ2) is 8.73. The third-order valence-electron chi connectivity index (χ3n) is 4.65. The number of benzene rings is 4. The number of ether oxygens (including phenoxy) is 1. The van der Waals surface area contributed by atoms with Crippen LogP contribution < -0.4 is 10.1 Å². The van der Waals surface area contributed by atoms with Crippen molar-refractivity contribution < 1.29 is 9.13 Å². The normalized spacial score (nSPS) is 10.9. The molecular formula is C24H18Cl2FNO. The predicted molar refractivity (Wildman–Crippen MR) is 118 cm³/mol. The van der Waals surface area contributed by atoms with E-state index in [9.17, 15) is 4.39 Å². The molecule has 4 rings (SSSR count). The monoisotopic (exact) mass is 425 g/mol. The molecular weight excluding hydrogens is 408 g/mol. The fraction of sp³-hybridized carbons (Fsp3) is 0.0833. The van der Waals surface area contributed by atoms with E-state index in [0.717, 1.165) is 27.6 Å². The fourth-order valence-electron chi connectivity index (χ4n) is 3.19. The number of anilines is 1. The molecule has 0 saturated heterocycles. The third-order valence-corrected chi connectivity index (χ3v) is 5.21. The van der Waals surface area contributed by atoms with Gasteiger partial charge < -0.3 is 10.1 Å². The summed E-state index contributed by atoms with van der Waals surface area (Å²) >= 11 is 12.9. The van der Waals surface area contributed by atoms with Gasteiger partial charge in [-0.25, -0.2) is 4.39 Å². The van der Waals surface area contributed by atoms with Crippen LogP contribution in [-0.2, 0) is 13.2 Å². The van der Waals surface area contributed by atoms with Gasteiger partial charge in [0.25, 0.3) is 0 Å². The zero-order valence-electron chi connectivity index (χ0n) is 15.5. The van der Waals surface area contributed by atoms with E-state index in [2.05, 4.69) is 23.5 Å². The number of rotatable bonds is 6. The molecule has 0 spiro atoms. The minimum atomic E-state index is -0.269. The summed E-state index contributed by atoms with van der Waals surface area (Å²) in [6.07, 6.45) is 0. The van der Waals surface area contributed by atoms with Crippen LogP contribution in [0.4, 0.5) is 10.1 Å². The van der Waals surface area contributed by atoms with Crippen LogP contribution in [0.2, 0.25) is 10.0 Å². The highest BCUT2D eigenvalue weighted by Gasteiger charge is 2.11. The van der Waals surface area contributed by atoms with E-state index in [1.807, 2.05) is 36.4 Å². The van der Waals surface area contributed by atoms with Crippen molar-refractivity contribution in [3.05, 3.63) is 106 Å². The molecule has 2 nitrogen and oxygen atoms in total. The van der Waals surface area contributed by atoms with Crippen LogP contribution >= 0.6 is 23.2 Å². The first-order chi connectivity index (χ1) is 14.1. The van der Waals surface area contributed by atoms with Crippen LogP contribution in [0.15, 0.2) is 78.9 Å². The SMILES string of the molecule is Fc1ccc(NCc2cc(Cl)c(OCc3cccc4ccccc34)c(Cl)c2)cc1. The van der Waals surface area contributed by atoms with E-state index in [4.69, 9.17) is 27.9 Å². The second-order valence-electron chi connectivity index (χ2n) is 6.68. The summed E-state index contributed by atoms with van der Waals surface area (Å²) in [7, 11) is 0. The summed E-state index contributed by atoms with van der Waals surface area (Å²) in [6, 6.07) is 24.1. The molecule has 4 aromatic carbocycles. The molecule has 0 aliphatic carbocycles. The maximum atomic E-state index is 13.0. The molecule has 0 aliphatic rings. The van der Waals surface area contributed by atoms with Gasteiger partial charge in [-0.05, 0) is 58.3 Å². The third kappa shape index (κ3) is 4.64. The molecule has 29 heavy (non-hydrogen) atoms. The molecule has 146 valence electrons. The molecule has 0 aromatic heterocycles. The zero-order chi connectivity index (χ0) is 20.2. The van der Waals surface area contributed by atoms with E-state index in [0.29, 0.717) is 28.9 Å². The highest BCUT2D eigenvalue weighted by Crippen LogP contribution is 2.35. The summed E-state index contributed by atoms with van der Waals surface area (Å²) in [5.41, 5.74) is 2.79. The molecule has 1 N–H and O–H groups in total. The van der Waals surface area contributed by atoms with Crippen molar-refractivity contribution in [2.24, 2.45) is 0 Å². The Kier molecular flexibility index (Phi) is 5.89. The van der Waals surface area contributed by atoms with Crippen molar-refractivity contribution in [1.29, 1.82) is 0 Å². The van der Waals surface area contributed by atoms with Crippen LogP contribution in [-0.4, -0.2) is 0 Å². The van der Waals surface area contributed by atoms with E-state index in [1.54, 1.807) is 12.1 Å². The van der Waals surface area contributed by atoms with Gasteiger partial charge in [-0.15, -0.1) is 0 Å². The van der Waals surface area contributed by atoms with Gasteiger partial charge in [-0.3, -0.25) is 0 Å². The Morgan fingerprint density at radius 2 is 1.52 bits per heavy atom. The Hall–Kier alpha value is -2.75. The Morgan fingerprint density at radius 1 is 0.828 bits per heavy atom. The molecule has 0 heterocycles. The summed E-state index contributed by atoms with van der Waals surface area (Å²) in [4.78, 5) is 0. The van der Waals surface area contributed by atoms with E-state index >= 15 is 0 Å². The molecule has 0 unspecified atom stereocenters. The van der Waals surface area contributed by atoms with Crippen LogP contribution in [0.1, 0.15) is 11.1 Å². The molecule has 0 atom stereocenters. The highest BCUT2D eigenvalue weighted by atomic mass is 35.5. The lowest BCUT2D eigenvalue weighted by Gasteiger charge is -2.14. The lowest BCUT2D eigenvalue weighted by atomic mass is 10.1. The number of fused-ring (bicyclic) bond motifs is 1. The average Bonchev–Trinajstić information content (AvgIpc) is 2.73. The number of hydrogen-bond donors (Lipinski definition) is 1. The highest BCUT2D eigenvalue weighted by molar-refractivity contribution is 6.37. The molecule has 0 bridgehead atoms. The first kappa shape index (κ1) is 19.6. The molecule has 0 radical (unpaired) electrons. The van der Waals surface area contributed by atoms with Crippen LogP contribution in [0.5, 0.6) is 5.75 Å². The number of nitrogens with one attached hydrogen (secondary N) is 1. The maximum Gasteiger partial charge on any atom is 0.156 e. The molecule has 0 amide bonds. The van der Waals surface area contributed by atoms with Crippen LogP contribution in [0, 0.1) is 5.82 Å². The first-order valence-electron chi connectivity index (χ1n) is 9.17. The van der Waals surface area contributed by atoms with Crippen molar-refractivity contribution in [2.75, 3.05) is 5.32 Å². The average molecular weight is 426 g/mol. The van der Waals surface area contributed by atoms with E-state index in [1.165, 1.54) is 12.1 Å². The Morgan fingerprint density at radius 3 is 2.28 bits per heavy atom. The summed E-state index contributed by atoms with van der Waals surface area (Å²) in [6.45, 7) is 0.878. The summed E-state index contributed by atoms with van der Waals surface area (Å²) in [5.74, 6) is 0.195. The Balaban J connectivity index is 1.47. The van der Waals surface area contributed by atoms with Crippen molar-refractivity contribution in [3.8, 4) is 5.75 Å². The zero-order valence-corrected chi connectivity index (χ0v) is 17.0. The Bertz CT molecular complexity index is 1120. The number of hydrogen-bond acceptors (Lipinski definition) is 2. The van der Waals surface area contributed by atoms with Crippen molar-refractivity contribution in [2.45, 2.75) is 13.2 Å². The van der Waals surface area contributed by atoms with Crippen LogP contribution in [0.25, 0.3) is 10.8 Å². The lowest BCUT2D eigenvalue weighted by Crippen LogP contribution is -2.01. The van der Waals surface area contributed by atoms with Crippen LogP contribution in [0.3, 0.4) is 0 Å². The van der Waals surface area contributed by atoms with Gasteiger partial charge >= 0.3 is 0 Å². The second-order valence-corrected chi connectivity index (χ2v) is 7.49. The van der Waals surface area contributed by atoms with Gasteiger partial charge in [-0.2, -0.15) is 0 Å². The predicted octanol–water partition coefficient (Wildman–Crippen LogP) is 7.48. The first-order valence-corrected chi connectivity index (χ1v) is 9.92. The quantitative estimate of drug-likeness (QED) is 0.345. The largest absolute Gasteiger partial charge is 0.486 e. The smallest absolute Gasteiger partial charge is 0.156 e. The molecule has 5 heteroatoms. The topological polar surface area (TPSA) is 21.3 Å². The van der Waals surface area contributed by atoms with Gasteiger partial charge in [0.05, 0.1) is 10.0 Å². The van der Waals surface area contributed by atoms with Gasteiger partial charge in [0.15, 0.2) is 5.75 Å². The van der Waals surface area contributed by atoms with Crippen molar-refractivity contribution in [3.63, 3.8) is 0 Å². The maximum absolute atomic E-state index is 13.0. The van der Waals surface area contributed by atoms with Gasteiger partial charge in [0.1, 0.15) is 12.4 Å². The molecule has 0 saturated carbocycles. The summed E-state index contributed by atoms with van der Waals surface area (Å²) in [5, 5.41) is 6.42. The summed E-state index contributed by atoms with van der Waals surface area (Å²) < 4.78 is 19.0. The Labute approximate surface area is 178 Å². The van der Waals surface area contributed by atoms with E-state index < -0.39 is 0 Å². The van der Waals surface area contributed by atoms with Gasteiger partial charge in [0.2, 0.25) is 0 Å². The molecule has 0 fully saturated rings. The van der Waals surface area contributed by atoms with Crippen molar-refractivity contribution in [1.82, 2.24) is 0 Å². The minimum absolute atomic E-state index is 0.269. The van der Waals surface area contributed by atoms with Gasteiger partial charge in [0, 0.05) is 12.2 Å². The van der Waals surface area contributed by atoms with E-state index in [-0.39, 0.29) is 5.82 Å². The fourth-order valence-corrected chi connectivity index (χ4v) is 3.83. The van der Waals surface area contributed by atoms with Crippen molar-refractivity contribution >= 4 is 39.7 Å². The molecule has 4 aromatic rings. The number of halogens is 3. The standard InChI is InChI=1S/C24H18Cl2FNO/c25-22-12-16(14-28-20-10-8-19(27)9-11-20)13-23(26)24(22)29-15-18-6-3-5-17-4-1-2-7-21(17)18/h1-13,28H,14-15H2.